The van der Waals surface area contributed by atoms with Crippen LogP contribution in [0.2, 0.25) is 0 Å². The van der Waals surface area contributed by atoms with Gasteiger partial charge in [0, 0.05) is 5.92 Å². The van der Waals surface area contributed by atoms with Gasteiger partial charge in [-0.1, -0.05) is 32.4 Å². The quantitative estimate of drug-likeness (QED) is 0.723. The van der Waals surface area contributed by atoms with Crippen LogP contribution in [-0.4, -0.2) is 0 Å². The van der Waals surface area contributed by atoms with Crippen molar-refractivity contribution < 1.29 is 0 Å². The first-order valence-corrected chi connectivity index (χ1v) is 5.71. The van der Waals surface area contributed by atoms with Crippen molar-refractivity contribution in [3.8, 4) is 6.07 Å². The summed E-state index contributed by atoms with van der Waals surface area (Å²) in [5, 5.41) is 8.98. The number of rotatable bonds is 5. The fourth-order valence-corrected chi connectivity index (χ4v) is 1.63. The number of hydrogen-bond acceptors (Lipinski definition) is 1. The maximum Gasteiger partial charge on any atom is 0.0991 e. The molecule has 0 saturated heterocycles. The number of aryl methyl sites for hydroxylation is 1. The minimum atomic E-state index is 0.741. The molecule has 1 heteroatoms. The summed E-state index contributed by atoms with van der Waals surface area (Å²) in [7, 11) is 0. The predicted octanol–water partition coefficient (Wildman–Crippen LogP) is 4.03. The highest BCUT2D eigenvalue weighted by Gasteiger charge is 2.05. The van der Waals surface area contributed by atoms with Crippen molar-refractivity contribution in [3.63, 3.8) is 0 Å². The molecule has 0 aliphatic carbocycles. The van der Waals surface area contributed by atoms with Crippen molar-refractivity contribution in [1.82, 2.24) is 0 Å². The molecule has 1 nitrogen and oxygen atoms in total. The molecular formula is C15H18N. The molecule has 0 saturated carbocycles. The molecule has 0 aliphatic heterocycles. The lowest BCUT2D eigenvalue weighted by atomic mass is 9.95. The molecule has 0 spiro atoms. The zero-order valence-electron chi connectivity index (χ0n) is 10.1. The van der Waals surface area contributed by atoms with E-state index >= 15 is 0 Å². The molecule has 0 amide bonds. The van der Waals surface area contributed by atoms with Gasteiger partial charge >= 0.3 is 0 Å². The van der Waals surface area contributed by atoms with Gasteiger partial charge in [0.2, 0.25) is 0 Å². The second-order valence-electron chi connectivity index (χ2n) is 4.02. The molecule has 0 heterocycles. The third kappa shape index (κ3) is 3.24. The van der Waals surface area contributed by atoms with E-state index in [-0.39, 0.29) is 0 Å². The van der Waals surface area contributed by atoms with E-state index in [9.17, 15) is 0 Å². The van der Waals surface area contributed by atoms with Gasteiger partial charge in [-0.15, -0.1) is 6.58 Å². The summed E-state index contributed by atoms with van der Waals surface area (Å²) >= 11 is 0. The molecule has 0 N–H and O–H groups in total. The largest absolute Gasteiger partial charge is 0.192 e. The van der Waals surface area contributed by atoms with Crippen molar-refractivity contribution in [3.05, 3.63) is 53.5 Å². The molecule has 1 aromatic carbocycles. The Morgan fingerprint density at radius 2 is 2.19 bits per heavy atom. The molecule has 0 unspecified atom stereocenters. The number of benzene rings is 1. The summed E-state index contributed by atoms with van der Waals surface area (Å²) in [6.45, 7) is 7.96. The topological polar surface area (TPSA) is 23.8 Å². The van der Waals surface area contributed by atoms with E-state index < -0.39 is 0 Å². The molecular weight excluding hydrogens is 194 g/mol. The zero-order chi connectivity index (χ0) is 12.0. The lowest BCUT2D eigenvalue weighted by Crippen LogP contribution is -1.95. The summed E-state index contributed by atoms with van der Waals surface area (Å²) in [4.78, 5) is 0. The van der Waals surface area contributed by atoms with Crippen LogP contribution in [0.25, 0.3) is 0 Å². The van der Waals surface area contributed by atoms with E-state index in [1.807, 2.05) is 25.1 Å². The lowest BCUT2D eigenvalue weighted by Gasteiger charge is -2.09. The van der Waals surface area contributed by atoms with Crippen molar-refractivity contribution in [2.24, 2.45) is 0 Å². The molecule has 0 atom stereocenters. The standard InChI is InChI=1S/C15H18N/c1-4-6-7-13-8-14(11-16)10-15(9-13)12(3)5-2/h5,8-10H,2,4,6-7H2,1,3H3. The highest BCUT2D eigenvalue weighted by atomic mass is 14.2. The van der Waals surface area contributed by atoms with Crippen LogP contribution in [0, 0.1) is 17.2 Å². The third-order valence-electron chi connectivity index (χ3n) is 2.70. The van der Waals surface area contributed by atoms with Gasteiger partial charge in [-0.3, -0.25) is 0 Å². The van der Waals surface area contributed by atoms with Gasteiger partial charge in [-0.05, 0) is 36.1 Å². The Balaban J connectivity index is 3.01. The molecule has 1 aromatic rings. The molecule has 0 fully saturated rings. The van der Waals surface area contributed by atoms with Gasteiger partial charge in [0.1, 0.15) is 0 Å². The van der Waals surface area contributed by atoms with E-state index in [4.69, 9.17) is 5.26 Å². The number of unbranched alkanes of at least 4 members (excludes halogenated alkanes) is 1. The molecule has 16 heavy (non-hydrogen) atoms. The van der Waals surface area contributed by atoms with Gasteiger partial charge in [0.15, 0.2) is 0 Å². The fraction of sp³-hybridized carbons (Fsp3) is 0.333. The van der Waals surface area contributed by atoms with Gasteiger partial charge in [-0.25, -0.2) is 0 Å². The molecule has 83 valence electrons. The van der Waals surface area contributed by atoms with Crippen molar-refractivity contribution >= 4 is 0 Å². The SMILES string of the molecule is C=C[C](C)c1cc(C#N)cc(CCCC)c1. The Kier molecular flexibility index (Phi) is 4.79. The first-order valence-electron chi connectivity index (χ1n) is 5.71. The highest BCUT2D eigenvalue weighted by Crippen LogP contribution is 2.20. The van der Waals surface area contributed by atoms with Gasteiger partial charge in [0.05, 0.1) is 11.6 Å². The molecule has 0 aliphatic rings. The van der Waals surface area contributed by atoms with E-state index in [0.29, 0.717) is 0 Å². The molecule has 1 rings (SSSR count). The van der Waals surface area contributed by atoms with E-state index in [1.165, 1.54) is 18.4 Å². The Morgan fingerprint density at radius 3 is 2.75 bits per heavy atom. The predicted molar refractivity (Wildman–Crippen MR) is 68.0 cm³/mol. The van der Waals surface area contributed by atoms with Crippen LogP contribution >= 0.6 is 0 Å². The molecule has 0 aromatic heterocycles. The van der Waals surface area contributed by atoms with Crippen LogP contribution < -0.4 is 0 Å². The third-order valence-corrected chi connectivity index (χ3v) is 2.70. The monoisotopic (exact) mass is 212 g/mol. The van der Waals surface area contributed by atoms with Crippen molar-refractivity contribution in [2.75, 3.05) is 0 Å². The second-order valence-corrected chi connectivity index (χ2v) is 4.02. The van der Waals surface area contributed by atoms with Gasteiger partial charge < -0.3 is 0 Å². The Labute approximate surface area is 98.4 Å². The average molecular weight is 212 g/mol. The van der Waals surface area contributed by atoms with Crippen molar-refractivity contribution in [2.45, 2.75) is 33.1 Å². The summed E-state index contributed by atoms with van der Waals surface area (Å²) in [5.74, 6) is 1.12. The van der Waals surface area contributed by atoms with E-state index in [2.05, 4.69) is 25.6 Å². The smallest absolute Gasteiger partial charge is 0.0991 e. The Bertz CT molecular complexity index is 398. The van der Waals surface area contributed by atoms with Crippen LogP contribution in [0.15, 0.2) is 30.9 Å². The number of hydrogen-bond donors (Lipinski definition) is 0. The summed E-state index contributed by atoms with van der Waals surface area (Å²) < 4.78 is 0. The van der Waals surface area contributed by atoms with Crippen LogP contribution in [-0.2, 0) is 6.42 Å². The minimum absolute atomic E-state index is 0.741. The summed E-state index contributed by atoms with van der Waals surface area (Å²) in [6, 6.07) is 8.28. The van der Waals surface area contributed by atoms with Gasteiger partial charge in [-0.2, -0.15) is 5.26 Å². The van der Waals surface area contributed by atoms with Crippen LogP contribution in [0.3, 0.4) is 0 Å². The second kappa shape index (κ2) is 6.12. The summed E-state index contributed by atoms with van der Waals surface area (Å²) in [5.41, 5.74) is 3.10. The van der Waals surface area contributed by atoms with Gasteiger partial charge in [0.25, 0.3) is 0 Å². The maximum atomic E-state index is 8.98. The fourth-order valence-electron chi connectivity index (χ4n) is 1.63. The molecule has 0 bridgehead atoms. The first kappa shape index (κ1) is 12.5. The maximum absolute atomic E-state index is 8.98. The highest BCUT2D eigenvalue weighted by molar-refractivity contribution is 5.45. The van der Waals surface area contributed by atoms with Crippen molar-refractivity contribution in [1.29, 1.82) is 5.26 Å². The molecule has 1 radical (unpaired) electrons. The van der Waals surface area contributed by atoms with Crippen LogP contribution in [0.1, 0.15) is 43.4 Å². The Hall–Kier alpha value is -1.55. The van der Waals surface area contributed by atoms with Crippen LogP contribution in [0.5, 0.6) is 0 Å². The average Bonchev–Trinajstić information content (AvgIpc) is 2.34. The van der Waals surface area contributed by atoms with Crippen LogP contribution in [0.4, 0.5) is 0 Å². The van der Waals surface area contributed by atoms with E-state index in [1.54, 1.807) is 0 Å². The zero-order valence-corrected chi connectivity index (χ0v) is 10.1. The first-order chi connectivity index (χ1) is 7.71. The lowest BCUT2D eigenvalue weighted by molar-refractivity contribution is 0.794. The number of nitrogens with zero attached hydrogens (tertiary/aromatic N) is 1. The normalized spacial score (nSPS) is 10.1. The minimum Gasteiger partial charge on any atom is -0.192 e. The Morgan fingerprint density at radius 1 is 1.44 bits per heavy atom. The van der Waals surface area contributed by atoms with E-state index in [0.717, 1.165) is 23.5 Å². The number of allylic oxidation sites excluding steroid dienone is 1. The number of nitriles is 1. The summed E-state index contributed by atoms with van der Waals surface area (Å²) in [6.07, 6.45) is 5.22.